The quantitative estimate of drug-likeness (QED) is 0.192. The van der Waals surface area contributed by atoms with Gasteiger partial charge < -0.3 is 14.6 Å². The third-order valence-electron chi connectivity index (χ3n) is 4.41. The molecule has 0 aliphatic carbocycles. The Kier molecular flexibility index (Phi) is 8.45. The molecule has 9 heteroatoms. The maximum absolute atomic E-state index is 12.7. The lowest BCUT2D eigenvalue weighted by atomic mass is 10.0. The summed E-state index contributed by atoms with van der Waals surface area (Å²) in [6, 6.07) is 21.8. The molecule has 0 spiro atoms. The molecule has 4 N–H and O–H groups in total. The van der Waals surface area contributed by atoms with E-state index in [4.69, 9.17) is 14.7 Å². The zero-order valence-electron chi connectivity index (χ0n) is 17.2. The van der Waals surface area contributed by atoms with E-state index in [9.17, 15) is 14.7 Å². The Morgan fingerprint density at radius 2 is 1.61 bits per heavy atom. The van der Waals surface area contributed by atoms with Crippen LogP contribution in [0.15, 0.2) is 95.5 Å². The van der Waals surface area contributed by atoms with Gasteiger partial charge in [-0.15, -0.1) is 0 Å². The number of ether oxygens (including phenoxy) is 2. The number of anilines is 1. The second kappa shape index (κ2) is 11.7. The van der Waals surface area contributed by atoms with Crippen LogP contribution in [0.25, 0.3) is 0 Å². The number of para-hydroxylation sites is 1. The fourth-order valence-electron chi connectivity index (χ4n) is 2.86. The highest BCUT2D eigenvalue weighted by Crippen LogP contribution is 2.28. The number of hydrogen-bond donors (Lipinski definition) is 4. The van der Waals surface area contributed by atoms with Crippen molar-refractivity contribution in [3.63, 3.8) is 0 Å². The first-order valence-corrected chi connectivity index (χ1v) is 10.6. The van der Waals surface area contributed by atoms with Crippen molar-refractivity contribution in [1.29, 1.82) is 0 Å². The van der Waals surface area contributed by atoms with Crippen LogP contribution in [-0.4, -0.2) is 28.4 Å². The van der Waals surface area contributed by atoms with Gasteiger partial charge in [-0.2, -0.15) is 0 Å². The number of benzene rings is 3. The standard InChI is InChI=1S/C24H21BrN2O6/c25-17-8-10-18(11-9-17)26-24(30)33-23(16-6-12-19(28)13-7-16)21(14-15-22(29)27-31)32-20-4-2-1-3-5-20/h1-15,21,23,28,31H,(H,26,30)(H,27,29)/b15-14+/t21-,23-/m0/s1. The molecule has 0 radical (unpaired) electrons. The summed E-state index contributed by atoms with van der Waals surface area (Å²) in [4.78, 5) is 24.3. The SMILES string of the molecule is O=C(/C=C/[C@H](Oc1ccccc1)[C@@H](OC(=O)Nc1ccc(Br)cc1)c1ccc(O)cc1)NO. The first kappa shape index (κ1) is 23.8. The summed E-state index contributed by atoms with van der Waals surface area (Å²) >= 11 is 3.33. The molecule has 0 aliphatic heterocycles. The predicted octanol–water partition coefficient (Wildman–Crippen LogP) is 4.95. The molecular formula is C24H21BrN2O6. The number of halogens is 1. The molecule has 0 heterocycles. The second-order valence-corrected chi connectivity index (χ2v) is 7.70. The molecule has 0 unspecified atom stereocenters. The normalized spacial score (nSPS) is 12.5. The van der Waals surface area contributed by atoms with Crippen LogP contribution >= 0.6 is 15.9 Å². The van der Waals surface area contributed by atoms with E-state index < -0.39 is 24.2 Å². The maximum atomic E-state index is 12.7. The monoisotopic (exact) mass is 512 g/mol. The van der Waals surface area contributed by atoms with Crippen molar-refractivity contribution in [2.75, 3.05) is 5.32 Å². The van der Waals surface area contributed by atoms with E-state index in [1.54, 1.807) is 60.7 Å². The minimum atomic E-state index is -1.01. The van der Waals surface area contributed by atoms with Crippen LogP contribution in [0.5, 0.6) is 11.5 Å². The number of nitrogens with one attached hydrogen (secondary N) is 2. The number of rotatable bonds is 8. The van der Waals surface area contributed by atoms with Crippen LogP contribution in [-0.2, 0) is 9.53 Å². The molecule has 170 valence electrons. The van der Waals surface area contributed by atoms with Gasteiger partial charge in [0.25, 0.3) is 5.91 Å². The van der Waals surface area contributed by atoms with Crippen molar-refractivity contribution in [1.82, 2.24) is 5.48 Å². The number of phenolic OH excluding ortho intramolecular Hbond substituents is 1. The average Bonchev–Trinajstić information content (AvgIpc) is 2.83. The van der Waals surface area contributed by atoms with E-state index >= 15 is 0 Å². The van der Waals surface area contributed by atoms with Gasteiger partial charge in [0, 0.05) is 16.2 Å². The zero-order chi connectivity index (χ0) is 23.6. The number of phenols is 1. The third-order valence-corrected chi connectivity index (χ3v) is 4.94. The van der Waals surface area contributed by atoms with Gasteiger partial charge in [0.05, 0.1) is 0 Å². The number of hydroxylamine groups is 1. The van der Waals surface area contributed by atoms with Gasteiger partial charge in [-0.25, -0.2) is 10.3 Å². The predicted molar refractivity (Wildman–Crippen MR) is 125 cm³/mol. The van der Waals surface area contributed by atoms with Gasteiger partial charge in [-0.3, -0.25) is 15.3 Å². The number of carbonyl (C=O) groups is 2. The van der Waals surface area contributed by atoms with Gasteiger partial charge >= 0.3 is 6.09 Å². The molecular weight excluding hydrogens is 492 g/mol. The highest BCUT2D eigenvalue weighted by Gasteiger charge is 2.28. The van der Waals surface area contributed by atoms with E-state index in [-0.39, 0.29) is 5.75 Å². The van der Waals surface area contributed by atoms with Crippen molar-refractivity contribution in [2.45, 2.75) is 12.2 Å². The third kappa shape index (κ3) is 7.37. The Labute approximate surface area is 198 Å². The Morgan fingerprint density at radius 1 is 0.939 bits per heavy atom. The molecule has 0 aromatic heterocycles. The highest BCUT2D eigenvalue weighted by atomic mass is 79.9. The molecule has 0 saturated heterocycles. The van der Waals surface area contributed by atoms with Crippen LogP contribution < -0.4 is 15.5 Å². The molecule has 0 bridgehead atoms. The Morgan fingerprint density at radius 3 is 2.24 bits per heavy atom. The minimum absolute atomic E-state index is 0.0348. The zero-order valence-corrected chi connectivity index (χ0v) is 18.8. The molecule has 0 aliphatic rings. The van der Waals surface area contributed by atoms with Crippen LogP contribution in [0, 0.1) is 0 Å². The summed E-state index contributed by atoms with van der Waals surface area (Å²) in [5.41, 5.74) is 2.54. The van der Waals surface area contributed by atoms with Crippen molar-refractivity contribution >= 4 is 33.6 Å². The van der Waals surface area contributed by atoms with E-state index in [1.165, 1.54) is 23.7 Å². The first-order chi connectivity index (χ1) is 15.9. The molecule has 2 atom stereocenters. The van der Waals surface area contributed by atoms with Gasteiger partial charge in [-0.1, -0.05) is 46.3 Å². The van der Waals surface area contributed by atoms with Crippen molar-refractivity contribution in [3.8, 4) is 11.5 Å². The average molecular weight is 513 g/mol. The van der Waals surface area contributed by atoms with E-state index in [2.05, 4.69) is 21.2 Å². The lowest BCUT2D eigenvalue weighted by Crippen LogP contribution is -2.30. The van der Waals surface area contributed by atoms with E-state index in [0.717, 1.165) is 10.5 Å². The van der Waals surface area contributed by atoms with Crippen LogP contribution in [0.4, 0.5) is 10.5 Å². The molecule has 2 amide bonds. The van der Waals surface area contributed by atoms with Crippen molar-refractivity contribution in [2.24, 2.45) is 0 Å². The second-order valence-electron chi connectivity index (χ2n) is 6.78. The summed E-state index contributed by atoms with van der Waals surface area (Å²) in [7, 11) is 0. The van der Waals surface area contributed by atoms with Gasteiger partial charge in [0.1, 0.15) is 11.5 Å². The largest absolute Gasteiger partial charge is 0.508 e. The fraction of sp³-hybridized carbons (Fsp3) is 0.0833. The summed E-state index contributed by atoms with van der Waals surface area (Å²) in [5.74, 6) is -0.273. The van der Waals surface area contributed by atoms with Crippen molar-refractivity contribution < 1.29 is 29.4 Å². The van der Waals surface area contributed by atoms with Crippen LogP contribution in [0.1, 0.15) is 11.7 Å². The molecule has 8 nitrogen and oxygen atoms in total. The molecule has 3 rings (SSSR count). The lowest BCUT2D eigenvalue weighted by molar-refractivity contribution is -0.124. The van der Waals surface area contributed by atoms with Crippen molar-refractivity contribution in [3.05, 3.63) is 101 Å². The summed E-state index contributed by atoms with van der Waals surface area (Å²) < 4.78 is 12.6. The van der Waals surface area contributed by atoms with E-state index in [0.29, 0.717) is 17.0 Å². The van der Waals surface area contributed by atoms with Gasteiger partial charge in [-0.05, 0) is 60.2 Å². The topological polar surface area (TPSA) is 117 Å². The smallest absolute Gasteiger partial charge is 0.412 e. The molecule has 3 aromatic carbocycles. The Balaban J connectivity index is 1.91. The Hall–Kier alpha value is -3.82. The highest BCUT2D eigenvalue weighted by molar-refractivity contribution is 9.10. The summed E-state index contributed by atoms with van der Waals surface area (Å²) in [5, 5.41) is 21.1. The lowest BCUT2D eigenvalue weighted by Gasteiger charge is -2.26. The van der Waals surface area contributed by atoms with E-state index in [1.807, 2.05) is 6.07 Å². The number of aromatic hydroxyl groups is 1. The Bertz CT molecular complexity index is 1090. The molecule has 3 aromatic rings. The molecule has 0 fully saturated rings. The fourth-order valence-corrected chi connectivity index (χ4v) is 3.13. The maximum Gasteiger partial charge on any atom is 0.412 e. The number of hydrogen-bond acceptors (Lipinski definition) is 6. The van der Waals surface area contributed by atoms with Gasteiger partial charge in [0.2, 0.25) is 0 Å². The minimum Gasteiger partial charge on any atom is -0.508 e. The number of amides is 2. The van der Waals surface area contributed by atoms with Crippen LogP contribution in [0.3, 0.4) is 0 Å². The molecule has 33 heavy (non-hydrogen) atoms. The number of carbonyl (C=O) groups excluding carboxylic acids is 2. The van der Waals surface area contributed by atoms with Crippen LogP contribution in [0.2, 0.25) is 0 Å². The van der Waals surface area contributed by atoms with Gasteiger partial charge in [0.15, 0.2) is 12.2 Å². The summed E-state index contributed by atoms with van der Waals surface area (Å²) in [6.07, 6.45) is -0.286. The first-order valence-electron chi connectivity index (χ1n) is 9.80. The molecule has 0 saturated carbocycles. The summed E-state index contributed by atoms with van der Waals surface area (Å²) in [6.45, 7) is 0.